The predicted molar refractivity (Wildman–Crippen MR) is 266 cm³/mol. The summed E-state index contributed by atoms with van der Waals surface area (Å²) in [7, 11) is 0. The lowest BCUT2D eigenvalue weighted by Gasteiger charge is -2.42. The van der Waals surface area contributed by atoms with Crippen molar-refractivity contribution in [1.29, 1.82) is 0 Å². The van der Waals surface area contributed by atoms with E-state index in [9.17, 15) is 61.8 Å². The number of nitrogens with one attached hydrogen (secondary N) is 2. The molecular formula is C48H65F2N7O18S. The van der Waals surface area contributed by atoms with E-state index < -0.39 is 108 Å². The van der Waals surface area contributed by atoms with Gasteiger partial charge < -0.3 is 63.0 Å². The molecule has 0 unspecified atom stereocenters. The van der Waals surface area contributed by atoms with Gasteiger partial charge in [0.2, 0.25) is 0 Å². The zero-order chi connectivity index (χ0) is 56.1. The molecule has 420 valence electrons. The highest BCUT2D eigenvalue weighted by atomic mass is 32.1. The van der Waals surface area contributed by atoms with Crippen LogP contribution in [0.5, 0.6) is 0 Å². The van der Waals surface area contributed by atoms with Gasteiger partial charge in [0, 0.05) is 37.1 Å². The summed E-state index contributed by atoms with van der Waals surface area (Å²) in [5.41, 5.74) is 10.6. The van der Waals surface area contributed by atoms with Crippen molar-refractivity contribution in [1.82, 2.24) is 24.7 Å². The summed E-state index contributed by atoms with van der Waals surface area (Å²) in [5, 5.41) is 78.0. The number of nitrogens with zero attached hydrogens (tertiary/aromatic N) is 3. The first-order valence-electron chi connectivity index (χ1n) is 23.5. The number of carboxylic acids is 8. The van der Waals surface area contributed by atoms with Gasteiger partial charge in [-0.1, -0.05) is 19.6 Å². The summed E-state index contributed by atoms with van der Waals surface area (Å²) in [4.78, 5) is 112. The molecule has 7 rings (SSSR count). The fraction of sp³-hybridized carbons (Fsp3) is 0.542. The number of halogens is 2. The summed E-state index contributed by atoms with van der Waals surface area (Å²) in [5.74, 6) is -10.8. The first-order valence-corrected chi connectivity index (χ1v) is 24.4. The molecule has 4 fully saturated rings. The van der Waals surface area contributed by atoms with Crippen LogP contribution in [0.3, 0.4) is 0 Å². The molecule has 9 atom stereocenters. The Morgan fingerprint density at radius 2 is 1.50 bits per heavy atom. The Labute approximate surface area is 436 Å². The number of hydrogen-bond acceptors (Lipinski definition) is 16. The second-order valence-corrected chi connectivity index (χ2v) is 19.6. The second kappa shape index (κ2) is 28.2. The Balaban J connectivity index is 0.000000277. The van der Waals surface area contributed by atoms with Crippen LogP contribution in [0.2, 0.25) is 0 Å². The summed E-state index contributed by atoms with van der Waals surface area (Å²) in [6, 6.07) is 3.37. The molecule has 0 bridgehead atoms. The number of rotatable bonds is 17. The van der Waals surface area contributed by atoms with Crippen LogP contribution in [0.25, 0.3) is 0 Å². The Bertz CT molecular complexity index is 2700. The largest absolute Gasteiger partial charge is 0.481 e. The molecule has 3 aromatic rings. The second-order valence-electron chi connectivity index (χ2n) is 18.7. The van der Waals surface area contributed by atoms with Crippen LogP contribution >= 0.6 is 11.3 Å². The molecule has 0 amide bonds. The van der Waals surface area contributed by atoms with E-state index in [0.29, 0.717) is 44.0 Å². The van der Waals surface area contributed by atoms with Crippen LogP contribution in [0, 0.1) is 24.7 Å². The van der Waals surface area contributed by atoms with Crippen LogP contribution in [-0.2, 0) is 41.9 Å². The Morgan fingerprint density at radius 3 is 2.08 bits per heavy atom. The lowest BCUT2D eigenvalue weighted by molar-refractivity contribution is -0.143. The molecule has 3 saturated heterocycles. The lowest BCUT2D eigenvalue weighted by atomic mass is 9.69. The number of fused-ring (bicyclic) bond motifs is 1. The van der Waals surface area contributed by atoms with Gasteiger partial charge >= 0.3 is 53.4 Å². The van der Waals surface area contributed by atoms with Crippen molar-refractivity contribution < 1.29 is 88.0 Å². The molecule has 2 aromatic heterocycles. The topological polar surface area (TPSA) is 422 Å². The van der Waals surface area contributed by atoms with E-state index >= 15 is 0 Å². The van der Waals surface area contributed by atoms with Gasteiger partial charge in [-0.25, -0.2) is 23.2 Å². The average Bonchev–Trinajstić information content (AvgIpc) is 4.11. The lowest BCUT2D eigenvalue weighted by Crippen LogP contribution is -2.50. The SMILES string of the molecule is C.Cc1cn(C[C@H](N)C(=O)O)c(=O)n(Cc2ccsc2C(=O)O)c1=O.N[C@@H](CCC(=O)O)C(=O)O.O=C(O)[C@@H]1C[C@H]2C[C@@H](CN3CC(F)(F)C[C@H]3C(=O)O)CC[C@H]2CN1.O=C(O)c1cccc([C@H]2CCN[C@@H]2C(=O)O)c1. The summed E-state index contributed by atoms with van der Waals surface area (Å²) in [6.07, 6.45) is 4.30. The molecule has 14 N–H and O–H groups in total. The molecule has 5 heterocycles. The van der Waals surface area contributed by atoms with Crippen LogP contribution in [-0.4, -0.2) is 165 Å². The van der Waals surface area contributed by atoms with E-state index in [4.69, 9.17) is 47.2 Å². The number of aryl methyl sites for hydroxylation is 1. The van der Waals surface area contributed by atoms with Crippen molar-refractivity contribution in [2.24, 2.45) is 29.2 Å². The minimum absolute atomic E-state index is 0. The maximum absolute atomic E-state index is 13.6. The van der Waals surface area contributed by atoms with Gasteiger partial charge in [-0.05, 0) is 111 Å². The third-order valence-electron chi connectivity index (χ3n) is 13.3. The maximum atomic E-state index is 13.6. The molecule has 3 aliphatic heterocycles. The highest BCUT2D eigenvalue weighted by Gasteiger charge is 2.49. The van der Waals surface area contributed by atoms with Gasteiger partial charge in [0.25, 0.3) is 11.5 Å². The van der Waals surface area contributed by atoms with E-state index in [1.807, 2.05) is 0 Å². The zero-order valence-electron chi connectivity index (χ0n) is 40.5. The van der Waals surface area contributed by atoms with Gasteiger partial charge in [0.1, 0.15) is 35.1 Å². The number of thiophene rings is 1. The summed E-state index contributed by atoms with van der Waals surface area (Å²) >= 11 is 0.990. The van der Waals surface area contributed by atoms with Crippen LogP contribution in [0.4, 0.5) is 8.78 Å². The number of alkyl halides is 2. The molecule has 76 heavy (non-hydrogen) atoms. The normalized spacial score (nSPS) is 23.1. The van der Waals surface area contributed by atoms with E-state index in [1.54, 1.807) is 23.6 Å². The van der Waals surface area contributed by atoms with Crippen LogP contribution in [0.1, 0.15) is 101 Å². The van der Waals surface area contributed by atoms with Gasteiger partial charge in [0.05, 0.1) is 25.2 Å². The number of piperidine rings is 1. The minimum atomic E-state index is -2.94. The monoisotopic (exact) mass is 1100 g/mol. The van der Waals surface area contributed by atoms with Crippen molar-refractivity contribution in [3.8, 4) is 0 Å². The number of benzene rings is 1. The quantitative estimate of drug-likeness (QED) is 0.0913. The molecule has 4 aliphatic rings. The highest BCUT2D eigenvalue weighted by Crippen LogP contribution is 2.41. The number of hydrogen-bond donors (Lipinski definition) is 12. The van der Waals surface area contributed by atoms with Gasteiger partial charge in [-0.3, -0.25) is 47.6 Å². The maximum Gasteiger partial charge on any atom is 0.346 e. The average molecular weight is 1100 g/mol. The smallest absolute Gasteiger partial charge is 0.346 e. The number of carboxylic acid groups (broad SMARTS) is 8. The van der Waals surface area contributed by atoms with Crippen LogP contribution < -0.4 is 33.3 Å². The first-order chi connectivity index (χ1) is 35.1. The van der Waals surface area contributed by atoms with E-state index in [-0.39, 0.29) is 67.1 Å². The van der Waals surface area contributed by atoms with Crippen molar-refractivity contribution in [2.45, 2.75) is 121 Å². The van der Waals surface area contributed by atoms with Crippen molar-refractivity contribution in [3.05, 3.63) is 89.9 Å². The van der Waals surface area contributed by atoms with Gasteiger partial charge in [-0.2, -0.15) is 0 Å². The first kappa shape index (κ1) is 63.3. The molecule has 1 saturated carbocycles. The predicted octanol–water partition coefficient (Wildman–Crippen LogP) is 1.61. The zero-order valence-corrected chi connectivity index (χ0v) is 41.3. The Morgan fingerprint density at radius 1 is 0.829 bits per heavy atom. The number of aromatic nitrogens is 2. The van der Waals surface area contributed by atoms with Crippen molar-refractivity contribution >= 4 is 59.1 Å². The summed E-state index contributed by atoms with van der Waals surface area (Å²) < 4.78 is 29.1. The third-order valence-corrected chi connectivity index (χ3v) is 14.2. The number of nitrogens with two attached hydrogens (primary N) is 2. The standard InChI is InChI=1S/C16H24F2N2O4.C14H15N3O6S.C12H13NO4.C5H9NO4.CH4/c17-16(18)5-13(15(23)24)20(8-16)7-9-1-2-10-6-19-12(14(21)22)4-11(10)3-9;1-7-4-16(6-9(15)12(19)20)14(23)17(11(7)18)5-8-2-3-24-10(8)13(21)22;14-11(15)8-3-1-2-7(6-8)9-4-5-13-10(9)12(16)17;6-3(5(9)10)1-2-4(7)8;/h9-13,19H,1-8H2,(H,21,22)(H,23,24);2-4,9H,5-6,15H2,1H3,(H,19,20)(H,21,22);1-3,6,9-10,13H,4-5H2,(H,14,15)(H,16,17);3H,1-2,6H2,(H,7,8)(H,9,10);1H4/t9-,10-,11+,12-,13-;9-;9-,10+;3-;/m0010./s1. The number of aromatic carboxylic acids is 2. The molecule has 0 spiro atoms. The molecule has 1 aromatic carbocycles. The molecule has 1 aliphatic carbocycles. The van der Waals surface area contributed by atoms with Crippen molar-refractivity contribution in [2.75, 3.05) is 26.2 Å². The molecule has 0 radical (unpaired) electrons. The van der Waals surface area contributed by atoms with Gasteiger partial charge in [-0.15, -0.1) is 11.3 Å². The number of carbonyl (C=O) groups is 8. The fourth-order valence-electron chi connectivity index (χ4n) is 9.47. The third kappa shape index (κ3) is 17.8. The van der Waals surface area contributed by atoms with Crippen molar-refractivity contribution in [3.63, 3.8) is 0 Å². The highest BCUT2D eigenvalue weighted by molar-refractivity contribution is 7.12. The van der Waals surface area contributed by atoms with Gasteiger partial charge in [0.15, 0.2) is 0 Å². The Kier molecular flexibility index (Phi) is 23.5. The molecular weight excluding hydrogens is 1030 g/mol. The minimum Gasteiger partial charge on any atom is -0.481 e. The van der Waals surface area contributed by atoms with E-state index in [2.05, 4.69) is 10.6 Å². The van der Waals surface area contributed by atoms with E-state index in [1.165, 1.54) is 30.2 Å². The van der Waals surface area contributed by atoms with Crippen LogP contribution in [0.15, 0.2) is 51.5 Å². The number of likely N-dealkylation sites (tertiary alicyclic amines) is 1. The molecule has 25 nitrogen and oxygen atoms in total. The fourth-order valence-corrected chi connectivity index (χ4v) is 10.2. The Hall–Kier alpha value is -6.98. The van der Waals surface area contributed by atoms with E-state index in [0.717, 1.165) is 45.3 Å². The summed E-state index contributed by atoms with van der Waals surface area (Å²) in [6.45, 7) is 2.16. The number of aliphatic carboxylic acids is 6. The molecule has 28 heteroatoms.